The number of ether oxygens (including phenoxy) is 2. The van der Waals surface area contributed by atoms with Gasteiger partial charge in [-0.1, -0.05) is 0 Å². The molecular weight excluding hydrogens is 190 g/mol. The Morgan fingerprint density at radius 1 is 1.50 bits per heavy atom. The van der Waals surface area contributed by atoms with Crippen molar-refractivity contribution in [2.75, 3.05) is 33.4 Å². The largest absolute Gasteiger partial charge is 0.480 e. The third kappa shape index (κ3) is 2.97. The minimum Gasteiger partial charge on any atom is -0.480 e. The molecule has 1 heterocycles. The topological polar surface area (TPSA) is 76.1 Å². The van der Waals surface area contributed by atoms with E-state index in [4.69, 9.17) is 14.6 Å². The average molecular weight is 203 g/mol. The van der Waals surface area contributed by atoms with E-state index in [0.717, 1.165) is 4.90 Å². The van der Waals surface area contributed by atoms with Crippen LogP contribution in [-0.2, 0) is 19.1 Å². The fraction of sp³-hybridized carbons (Fsp3) is 0.750. The Balaban J connectivity index is 2.42. The van der Waals surface area contributed by atoms with Crippen molar-refractivity contribution < 1.29 is 24.2 Å². The van der Waals surface area contributed by atoms with Crippen LogP contribution < -0.4 is 0 Å². The zero-order valence-electron chi connectivity index (χ0n) is 7.93. The summed E-state index contributed by atoms with van der Waals surface area (Å²) < 4.78 is 10.2. The Hall–Kier alpha value is -1.14. The molecule has 0 spiro atoms. The van der Waals surface area contributed by atoms with Crippen molar-refractivity contribution in [2.24, 2.45) is 0 Å². The van der Waals surface area contributed by atoms with E-state index in [1.807, 2.05) is 0 Å². The highest BCUT2D eigenvalue weighted by Crippen LogP contribution is 2.03. The Morgan fingerprint density at radius 2 is 2.21 bits per heavy atom. The lowest BCUT2D eigenvalue weighted by atomic mass is 10.3. The lowest BCUT2D eigenvalue weighted by Crippen LogP contribution is -2.45. The molecule has 6 heteroatoms. The van der Waals surface area contributed by atoms with Gasteiger partial charge >= 0.3 is 5.97 Å². The van der Waals surface area contributed by atoms with Crippen LogP contribution in [-0.4, -0.2) is 61.4 Å². The monoisotopic (exact) mass is 203 g/mol. The summed E-state index contributed by atoms with van der Waals surface area (Å²) >= 11 is 0. The first-order valence-corrected chi connectivity index (χ1v) is 4.27. The van der Waals surface area contributed by atoms with Crippen molar-refractivity contribution in [2.45, 2.75) is 6.10 Å². The highest BCUT2D eigenvalue weighted by Gasteiger charge is 2.26. The predicted molar refractivity (Wildman–Crippen MR) is 45.8 cm³/mol. The Labute approximate surface area is 81.4 Å². The number of carboxylic acid groups (broad SMARTS) is 1. The van der Waals surface area contributed by atoms with E-state index < -0.39 is 12.1 Å². The fourth-order valence-electron chi connectivity index (χ4n) is 1.16. The van der Waals surface area contributed by atoms with E-state index in [0.29, 0.717) is 13.2 Å². The molecule has 1 aliphatic heterocycles. The molecule has 0 aromatic heterocycles. The van der Waals surface area contributed by atoms with Gasteiger partial charge in [0.15, 0.2) is 6.10 Å². The van der Waals surface area contributed by atoms with Crippen molar-refractivity contribution in [3.05, 3.63) is 0 Å². The Bertz CT molecular complexity index is 224. The van der Waals surface area contributed by atoms with Gasteiger partial charge in [-0.05, 0) is 0 Å². The van der Waals surface area contributed by atoms with Gasteiger partial charge in [0.05, 0.1) is 19.8 Å². The van der Waals surface area contributed by atoms with Gasteiger partial charge in [0.2, 0.25) is 0 Å². The van der Waals surface area contributed by atoms with Crippen LogP contribution in [0.1, 0.15) is 0 Å². The number of likely N-dealkylation sites (N-methyl/N-ethyl adjacent to an activating group) is 1. The molecule has 1 saturated heterocycles. The molecule has 1 unspecified atom stereocenters. The van der Waals surface area contributed by atoms with Crippen molar-refractivity contribution in [1.82, 2.24) is 4.90 Å². The molecule has 80 valence electrons. The molecular formula is C8H13NO5. The summed E-state index contributed by atoms with van der Waals surface area (Å²) in [6.45, 7) is 0.727. The van der Waals surface area contributed by atoms with E-state index >= 15 is 0 Å². The van der Waals surface area contributed by atoms with Crippen LogP contribution in [0, 0.1) is 0 Å². The quantitative estimate of drug-likeness (QED) is 0.633. The number of carbonyl (C=O) groups is 2. The molecule has 0 aromatic carbocycles. The zero-order valence-corrected chi connectivity index (χ0v) is 7.93. The first-order valence-electron chi connectivity index (χ1n) is 4.27. The highest BCUT2D eigenvalue weighted by atomic mass is 16.6. The van der Waals surface area contributed by atoms with E-state index in [9.17, 15) is 9.59 Å². The van der Waals surface area contributed by atoms with Crippen molar-refractivity contribution in [1.29, 1.82) is 0 Å². The van der Waals surface area contributed by atoms with Crippen LogP contribution in [0.3, 0.4) is 0 Å². The molecule has 1 amide bonds. The number of amides is 1. The minimum absolute atomic E-state index is 0.197. The van der Waals surface area contributed by atoms with E-state index in [1.165, 1.54) is 7.05 Å². The molecule has 0 aromatic rings. The molecule has 0 aliphatic carbocycles. The summed E-state index contributed by atoms with van der Waals surface area (Å²) in [6, 6.07) is 0. The third-order valence-electron chi connectivity index (χ3n) is 1.84. The Kier molecular flexibility index (Phi) is 3.84. The van der Waals surface area contributed by atoms with Crippen LogP contribution in [0.2, 0.25) is 0 Å². The molecule has 0 radical (unpaired) electrons. The predicted octanol–water partition coefficient (Wildman–Crippen LogP) is -1.06. The molecule has 1 atom stereocenters. The number of hydrogen-bond acceptors (Lipinski definition) is 4. The number of carboxylic acids is 1. The van der Waals surface area contributed by atoms with Gasteiger partial charge in [0, 0.05) is 7.05 Å². The molecule has 0 saturated carbocycles. The van der Waals surface area contributed by atoms with E-state index in [2.05, 4.69) is 0 Å². The van der Waals surface area contributed by atoms with Gasteiger partial charge < -0.3 is 19.5 Å². The summed E-state index contributed by atoms with van der Waals surface area (Å²) in [6.07, 6.45) is -0.659. The van der Waals surface area contributed by atoms with Crippen LogP contribution >= 0.6 is 0 Å². The van der Waals surface area contributed by atoms with E-state index in [-0.39, 0.29) is 19.1 Å². The second kappa shape index (κ2) is 4.92. The SMILES string of the molecule is CN(CC(=O)O)C(=O)C1COCCO1. The summed E-state index contributed by atoms with van der Waals surface area (Å²) in [5, 5.41) is 8.47. The molecule has 1 aliphatic rings. The van der Waals surface area contributed by atoms with Gasteiger partial charge in [0.25, 0.3) is 5.91 Å². The second-order valence-corrected chi connectivity index (χ2v) is 3.02. The smallest absolute Gasteiger partial charge is 0.323 e. The van der Waals surface area contributed by atoms with Crippen LogP contribution in [0.5, 0.6) is 0 Å². The second-order valence-electron chi connectivity index (χ2n) is 3.02. The number of carbonyl (C=O) groups excluding carboxylic acids is 1. The number of rotatable bonds is 3. The number of hydrogen-bond donors (Lipinski definition) is 1. The average Bonchev–Trinajstić information content (AvgIpc) is 2.17. The fourth-order valence-corrected chi connectivity index (χ4v) is 1.16. The Morgan fingerprint density at radius 3 is 2.71 bits per heavy atom. The lowest BCUT2D eigenvalue weighted by Gasteiger charge is -2.25. The summed E-state index contributed by atoms with van der Waals surface area (Å²) in [4.78, 5) is 22.9. The normalized spacial score (nSPS) is 21.6. The van der Waals surface area contributed by atoms with Crippen LogP contribution in [0.25, 0.3) is 0 Å². The number of nitrogens with zero attached hydrogens (tertiary/aromatic N) is 1. The maximum absolute atomic E-state index is 11.5. The number of aliphatic carboxylic acids is 1. The first kappa shape index (κ1) is 10.9. The van der Waals surface area contributed by atoms with Crippen molar-refractivity contribution >= 4 is 11.9 Å². The summed E-state index contributed by atoms with van der Waals surface area (Å²) in [5.41, 5.74) is 0. The first-order chi connectivity index (χ1) is 6.61. The maximum atomic E-state index is 11.5. The van der Waals surface area contributed by atoms with E-state index in [1.54, 1.807) is 0 Å². The summed E-state index contributed by atoms with van der Waals surface area (Å²) in [5.74, 6) is -1.40. The minimum atomic E-state index is -1.04. The van der Waals surface area contributed by atoms with Gasteiger partial charge in [-0.2, -0.15) is 0 Å². The van der Waals surface area contributed by atoms with Crippen molar-refractivity contribution in [3.8, 4) is 0 Å². The van der Waals surface area contributed by atoms with Crippen molar-refractivity contribution in [3.63, 3.8) is 0 Å². The van der Waals surface area contributed by atoms with Gasteiger partial charge in [-0.15, -0.1) is 0 Å². The van der Waals surface area contributed by atoms with Crippen LogP contribution in [0.4, 0.5) is 0 Å². The molecule has 6 nitrogen and oxygen atoms in total. The third-order valence-corrected chi connectivity index (χ3v) is 1.84. The van der Waals surface area contributed by atoms with Gasteiger partial charge in [-0.3, -0.25) is 9.59 Å². The summed E-state index contributed by atoms with van der Waals surface area (Å²) in [7, 11) is 1.43. The molecule has 1 rings (SSSR count). The standard InChI is InChI=1S/C8H13NO5/c1-9(4-7(10)11)8(12)6-5-13-2-3-14-6/h6H,2-5H2,1H3,(H,10,11). The maximum Gasteiger partial charge on any atom is 0.323 e. The zero-order chi connectivity index (χ0) is 10.6. The molecule has 0 bridgehead atoms. The lowest BCUT2D eigenvalue weighted by molar-refractivity contribution is -0.159. The molecule has 1 N–H and O–H groups in total. The van der Waals surface area contributed by atoms with Gasteiger partial charge in [-0.25, -0.2) is 0 Å². The molecule has 1 fully saturated rings. The van der Waals surface area contributed by atoms with Crippen LogP contribution in [0.15, 0.2) is 0 Å². The molecule has 14 heavy (non-hydrogen) atoms. The highest BCUT2D eigenvalue weighted by molar-refractivity contribution is 5.84. The van der Waals surface area contributed by atoms with Gasteiger partial charge in [0.1, 0.15) is 6.54 Å².